The van der Waals surface area contributed by atoms with E-state index in [1.807, 2.05) is 0 Å². The van der Waals surface area contributed by atoms with Crippen molar-refractivity contribution < 1.29 is 18.0 Å². The highest BCUT2D eigenvalue weighted by Gasteiger charge is 2.34. The normalized spacial score (nSPS) is 16.0. The van der Waals surface area contributed by atoms with Crippen LogP contribution in [0.25, 0.3) is 16.2 Å². The maximum absolute atomic E-state index is 12.6. The van der Waals surface area contributed by atoms with Crippen molar-refractivity contribution in [2.45, 2.75) is 25.4 Å². The zero-order chi connectivity index (χ0) is 19.9. The van der Waals surface area contributed by atoms with Crippen molar-refractivity contribution in [3.8, 4) is 5.95 Å². The van der Waals surface area contributed by atoms with Crippen molar-refractivity contribution in [2.75, 3.05) is 13.1 Å². The fourth-order valence-corrected chi connectivity index (χ4v) is 4.09. The summed E-state index contributed by atoms with van der Waals surface area (Å²) in [5.41, 5.74) is 0.548. The van der Waals surface area contributed by atoms with Gasteiger partial charge in [-0.3, -0.25) is 14.6 Å². The highest BCUT2D eigenvalue weighted by molar-refractivity contribution is 7.17. The van der Waals surface area contributed by atoms with Crippen molar-refractivity contribution in [3.63, 3.8) is 0 Å². The number of hydrogen-bond donors (Lipinski definition) is 1. The number of carbonyl (C=O) groups excluding carboxylic acids is 1. The first-order valence-corrected chi connectivity index (χ1v) is 9.57. The second-order valence-electron chi connectivity index (χ2n) is 6.75. The number of nitrogens with one attached hydrogen (secondary N) is 1. The second-order valence-corrected chi connectivity index (χ2v) is 7.67. The van der Waals surface area contributed by atoms with Crippen LogP contribution in [0, 0.1) is 5.92 Å². The van der Waals surface area contributed by atoms with Gasteiger partial charge in [0, 0.05) is 25.7 Å². The molecule has 0 bridgehead atoms. The molecule has 1 fully saturated rings. The Bertz CT molecular complexity index is 1060. The molecule has 0 aliphatic carbocycles. The van der Waals surface area contributed by atoms with Crippen LogP contribution in [0.2, 0.25) is 0 Å². The molecule has 4 heterocycles. The zero-order valence-electron chi connectivity index (χ0n) is 14.6. The number of amides is 1. The van der Waals surface area contributed by atoms with E-state index in [2.05, 4.69) is 15.1 Å². The van der Waals surface area contributed by atoms with E-state index in [0.717, 1.165) is 0 Å². The number of aromatic amines is 1. The number of rotatable bonds is 3. The minimum Gasteiger partial charge on any atom is -0.339 e. The molecule has 1 saturated heterocycles. The minimum absolute atomic E-state index is 0.193. The van der Waals surface area contributed by atoms with Gasteiger partial charge in [0.25, 0.3) is 11.5 Å². The lowest BCUT2D eigenvalue weighted by Gasteiger charge is -2.32. The standard InChI is InChI=1S/C17H16F3N5O2S/c18-17(19,20)7-10-1-4-24(5-2-10)15(27)11-8-21-25(9-11)16-22-12-3-6-28-13(12)14(26)23-16/h3,6,8-10H,1-2,4-5,7H2,(H,22,23,26). The number of hydrogen-bond acceptors (Lipinski definition) is 5. The molecule has 3 aromatic heterocycles. The average Bonchev–Trinajstić information content (AvgIpc) is 3.30. The van der Waals surface area contributed by atoms with E-state index in [4.69, 9.17) is 0 Å². The average molecular weight is 411 g/mol. The van der Waals surface area contributed by atoms with Gasteiger partial charge in [-0.15, -0.1) is 11.3 Å². The third kappa shape index (κ3) is 3.79. The molecule has 0 saturated carbocycles. The lowest BCUT2D eigenvalue weighted by atomic mass is 9.93. The van der Waals surface area contributed by atoms with Gasteiger partial charge in [0.1, 0.15) is 4.70 Å². The SMILES string of the molecule is O=C(c1cnn(-c2nc3ccsc3c(=O)[nH]2)c1)N1CCC(CC(F)(F)F)CC1. The van der Waals surface area contributed by atoms with Crippen LogP contribution >= 0.6 is 11.3 Å². The van der Waals surface area contributed by atoms with Crippen LogP contribution in [0.4, 0.5) is 13.2 Å². The molecule has 1 amide bonds. The fourth-order valence-electron chi connectivity index (χ4n) is 3.37. The first kappa shape index (κ1) is 18.7. The molecule has 0 spiro atoms. The molecule has 3 aromatic rings. The van der Waals surface area contributed by atoms with Gasteiger partial charge in [-0.25, -0.2) is 9.67 Å². The molecule has 0 unspecified atom stereocenters. The lowest BCUT2D eigenvalue weighted by Crippen LogP contribution is -2.39. The van der Waals surface area contributed by atoms with Gasteiger partial charge in [-0.05, 0) is 30.2 Å². The molecular weight excluding hydrogens is 395 g/mol. The van der Waals surface area contributed by atoms with Gasteiger partial charge < -0.3 is 4.90 Å². The van der Waals surface area contributed by atoms with E-state index >= 15 is 0 Å². The minimum atomic E-state index is -4.18. The summed E-state index contributed by atoms with van der Waals surface area (Å²) in [6, 6.07) is 1.72. The Hall–Kier alpha value is -2.69. The molecular formula is C17H16F3N5O2S. The summed E-state index contributed by atoms with van der Waals surface area (Å²) in [7, 11) is 0. The predicted molar refractivity (Wildman–Crippen MR) is 96.7 cm³/mol. The zero-order valence-corrected chi connectivity index (χ0v) is 15.4. The van der Waals surface area contributed by atoms with Crippen molar-refractivity contribution in [1.29, 1.82) is 0 Å². The van der Waals surface area contributed by atoms with Crippen molar-refractivity contribution in [2.24, 2.45) is 5.92 Å². The van der Waals surface area contributed by atoms with Crippen LogP contribution in [0.3, 0.4) is 0 Å². The Morgan fingerprint density at radius 2 is 2.07 bits per heavy atom. The van der Waals surface area contributed by atoms with Gasteiger partial charge in [-0.1, -0.05) is 0 Å². The Kier molecular flexibility index (Phi) is 4.69. The molecule has 28 heavy (non-hydrogen) atoms. The highest BCUT2D eigenvalue weighted by Crippen LogP contribution is 2.31. The van der Waals surface area contributed by atoms with E-state index in [1.54, 1.807) is 11.4 Å². The number of carbonyl (C=O) groups is 1. The smallest absolute Gasteiger partial charge is 0.339 e. The predicted octanol–water partition coefficient (Wildman–Crippen LogP) is 2.97. The summed E-state index contributed by atoms with van der Waals surface area (Å²) in [6.45, 7) is 0.557. The van der Waals surface area contributed by atoms with Gasteiger partial charge in [-0.2, -0.15) is 18.3 Å². The number of likely N-dealkylation sites (tertiary alicyclic amines) is 1. The number of nitrogens with zero attached hydrogens (tertiary/aromatic N) is 4. The van der Waals surface area contributed by atoms with E-state index in [1.165, 1.54) is 33.3 Å². The summed E-state index contributed by atoms with van der Waals surface area (Å²) < 4.78 is 39.3. The maximum Gasteiger partial charge on any atom is 0.389 e. The molecule has 7 nitrogen and oxygen atoms in total. The molecule has 0 aromatic carbocycles. The van der Waals surface area contributed by atoms with Crippen LogP contribution in [0.15, 0.2) is 28.6 Å². The first-order valence-electron chi connectivity index (χ1n) is 8.69. The number of alkyl halides is 3. The van der Waals surface area contributed by atoms with Gasteiger partial charge >= 0.3 is 6.18 Å². The molecule has 4 rings (SSSR count). The summed E-state index contributed by atoms with van der Waals surface area (Å²) in [4.78, 5) is 33.2. The summed E-state index contributed by atoms with van der Waals surface area (Å²) in [5, 5.41) is 5.85. The number of fused-ring (bicyclic) bond motifs is 1. The van der Waals surface area contributed by atoms with Gasteiger partial charge in [0.05, 0.1) is 17.3 Å². The number of H-pyrrole nitrogens is 1. The van der Waals surface area contributed by atoms with Crippen LogP contribution in [-0.2, 0) is 0 Å². The second kappa shape index (κ2) is 7.04. The summed E-state index contributed by atoms with van der Waals surface area (Å²) >= 11 is 1.28. The maximum atomic E-state index is 12.6. The fraction of sp³-hybridized carbons (Fsp3) is 0.412. The van der Waals surface area contributed by atoms with Crippen LogP contribution in [0.1, 0.15) is 29.6 Å². The third-order valence-corrected chi connectivity index (χ3v) is 5.67. The summed E-state index contributed by atoms with van der Waals surface area (Å²) in [5.74, 6) is -0.548. The number of piperidine rings is 1. The molecule has 1 aliphatic heterocycles. The number of halogens is 3. The monoisotopic (exact) mass is 411 g/mol. The third-order valence-electron chi connectivity index (χ3n) is 4.77. The molecule has 0 radical (unpaired) electrons. The molecule has 1 N–H and O–H groups in total. The van der Waals surface area contributed by atoms with Crippen LogP contribution in [-0.4, -0.2) is 49.8 Å². The Balaban J connectivity index is 1.47. The Morgan fingerprint density at radius 3 is 2.79 bits per heavy atom. The van der Waals surface area contributed by atoms with Crippen molar-refractivity contribution in [3.05, 3.63) is 39.8 Å². The highest BCUT2D eigenvalue weighted by atomic mass is 32.1. The van der Waals surface area contributed by atoms with Crippen LogP contribution < -0.4 is 5.56 Å². The summed E-state index contributed by atoms with van der Waals surface area (Å²) in [6.07, 6.45) is -1.52. The van der Waals surface area contributed by atoms with Gasteiger partial charge in [0.15, 0.2) is 0 Å². The quantitative estimate of drug-likeness (QED) is 0.718. The molecule has 148 valence electrons. The van der Waals surface area contributed by atoms with Gasteiger partial charge in [0.2, 0.25) is 5.95 Å². The van der Waals surface area contributed by atoms with E-state index < -0.39 is 18.5 Å². The topological polar surface area (TPSA) is 83.9 Å². The van der Waals surface area contributed by atoms with E-state index in [0.29, 0.717) is 28.6 Å². The molecule has 11 heteroatoms. The Morgan fingerprint density at radius 1 is 1.32 bits per heavy atom. The largest absolute Gasteiger partial charge is 0.389 e. The number of thiophene rings is 1. The van der Waals surface area contributed by atoms with Crippen molar-refractivity contribution in [1.82, 2.24) is 24.6 Å². The lowest BCUT2D eigenvalue weighted by molar-refractivity contribution is -0.147. The van der Waals surface area contributed by atoms with E-state index in [-0.39, 0.29) is 30.5 Å². The van der Waals surface area contributed by atoms with E-state index in [9.17, 15) is 22.8 Å². The number of aromatic nitrogens is 4. The molecule has 0 atom stereocenters. The molecule has 1 aliphatic rings. The van der Waals surface area contributed by atoms with Crippen molar-refractivity contribution >= 4 is 27.5 Å². The first-order chi connectivity index (χ1) is 13.3. The van der Waals surface area contributed by atoms with Crippen LogP contribution in [0.5, 0.6) is 0 Å². The Labute approximate surface area is 160 Å².